The average Bonchev–Trinajstić information content (AvgIpc) is 2.39. The zero-order chi connectivity index (χ0) is 14.7. The molecule has 0 amide bonds. The van der Waals surface area contributed by atoms with Gasteiger partial charge in [-0.25, -0.2) is 13.6 Å². The Balaban J connectivity index is 2.18. The van der Waals surface area contributed by atoms with Crippen molar-refractivity contribution in [3.8, 4) is 0 Å². The van der Waals surface area contributed by atoms with Gasteiger partial charge >= 0.3 is 5.97 Å². The van der Waals surface area contributed by atoms with Crippen LogP contribution in [-0.4, -0.2) is 15.3 Å². The normalized spacial score (nSPS) is 12.1. The minimum atomic E-state index is -1.45. The van der Waals surface area contributed by atoms with Crippen molar-refractivity contribution in [2.45, 2.75) is 10.6 Å². The third-order valence-corrected chi connectivity index (χ3v) is 4.03. The van der Waals surface area contributed by atoms with Crippen molar-refractivity contribution in [2.75, 3.05) is 0 Å². The predicted octanol–water partition coefficient (Wildman–Crippen LogP) is 2.97. The molecule has 0 heterocycles. The lowest BCUT2D eigenvalue weighted by molar-refractivity contribution is 0.0692. The lowest BCUT2D eigenvalue weighted by atomic mass is 10.1. The Morgan fingerprint density at radius 1 is 1.10 bits per heavy atom. The van der Waals surface area contributed by atoms with E-state index in [1.165, 1.54) is 30.3 Å². The van der Waals surface area contributed by atoms with E-state index in [4.69, 9.17) is 5.11 Å². The molecule has 6 heteroatoms. The second-order valence-electron chi connectivity index (χ2n) is 4.06. The second-order valence-corrected chi connectivity index (χ2v) is 5.51. The highest BCUT2D eigenvalue weighted by atomic mass is 32.2. The van der Waals surface area contributed by atoms with Crippen molar-refractivity contribution in [3.05, 3.63) is 65.2 Å². The zero-order valence-electron chi connectivity index (χ0n) is 10.2. The maximum Gasteiger partial charge on any atom is 0.338 e. The summed E-state index contributed by atoms with van der Waals surface area (Å²) in [6.07, 6.45) is 0. The smallest absolute Gasteiger partial charge is 0.338 e. The molecule has 1 unspecified atom stereocenters. The molecule has 2 aromatic rings. The number of benzene rings is 2. The summed E-state index contributed by atoms with van der Waals surface area (Å²) < 4.78 is 38.2. The Hall–Kier alpha value is -2.08. The Morgan fingerprint density at radius 2 is 1.75 bits per heavy atom. The fourth-order valence-corrected chi connectivity index (χ4v) is 2.73. The van der Waals surface area contributed by atoms with Crippen LogP contribution in [0, 0.1) is 11.6 Å². The van der Waals surface area contributed by atoms with Crippen LogP contribution < -0.4 is 0 Å². The van der Waals surface area contributed by atoms with E-state index in [1.54, 1.807) is 0 Å². The molecule has 0 aliphatic rings. The highest BCUT2D eigenvalue weighted by molar-refractivity contribution is 7.84. The predicted molar refractivity (Wildman–Crippen MR) is 69.9 cm³/mol. The van der Waals surface area contributed by atoms with Crippen molar-refractivity contribution < 1.29 is 22.9 Å². The quantitative estimate of drug-likeness (QED) is 0.943. The highest BCUT2D eigenvalue weighted by Gasteiger charge is 2.12. The first-order valence-corrected chi connectivity index (χ1v) is 6.95. The summed E-state index contributed by atoms with van der Waals surface area (Å²) >= 11 is 0. The van der Waals surface area contributed by atoms with Gasteiger partial charge in [-0.05, 0) is 42.0 Å². The van der Waals surface area contributed by atoms with E-state index in [-0.39, 0.29) is 5.75 Å². The number of carboxylic acids is 1. The minimum absolute atomic E-state index is 0.0302. The van der Waals surface area contributed by atoms with Crippen molar-refractivity contribution in [2.24, 2.45) is 0 Å². The van der Waals surface area contributed by atoms with E-state index in [0.717, 1.165) is 12.1 Å². The van der Waals surface area contributed by atoms with Crippen molar-refractivity contribution in [1.29, 1.82) is 0 Å². The number of hydrogen-bond donors (Lipinski definition) is 1. The summed E-state index contributed by atoms with van der Waals surface area (Å²) in [5.41, 5.74) is -0.0172. The van der Waals surface area contributed by atoms with Gasteiger partial charge in [0, 0.05) is 4.90 Å². The molecule has 0 aliphatic heterocycles. The fourth-order valence-electron chi connectivity index (χ4n) is 1.64. The van der Waals surface area contributed by atoms with E-state index in [1.807, 2.05) is 0 Å². The first-order valence-electron chi connectivity index (χ1n) is 5.63. The van der Waals surface area contributed by atoms with Crippen molar-refractivity contribution in [3.63, 3.8) is 0 Å². The van der Waals surface area contributed by atoms with Gasteiger partial charge < -0.3 is 5.11 Å². The fraction of sp³-hybridized carbons (Fsp3) is 0.0714. The molecule has 0 aromatic heterocycles. The monoisotopic (exact) mass is 296 g/mol. The van der Waals surface area contributed by atoms with E-state index in [2.05, 4.69) is 0 Å². The van der Waals surface area contributed by atoms with E-state index >= 15 is 0 Å². The molecular formula is C14H10F2O3S. The number of hydrogen-bond acceptors (Lipinski definition) is 2. The van der Waals surface area contributed by atoms with E-state index in [9.17, 15) is 17.8 Å². The minimum Gasteiger partial charge on any atom is -0.478 e. The van der Waals surface area contributed by atoms with Crippen LogP contribution >= 0.6 is 0 Å². The summed E-state index contributed by atoms with van der Waals surface area (Å²) in [6.45, 7) is 0. The summed E-state index contributed by atoms with van der Waals surface area (Å²) in [5.74, 6) is -2.62. The molecule has 1 atom stereocenters. The third kappa shape index (κ3) is 3.27. The summed E-state index contributed by atoms with van der Waals surface area (Å²) in [4.78, 5) is 11.1. The highest BCUT2D eigenvalue weighted by Crippen LogP contribution is 2.16. The molecule has 2 aromatic carbocycles. The second kappa shape index (κ2) is 5.92. The lowest BCUT2D eigenvalue weighted by Gasteiger charge is -2.04. The van der Waals surface area contributed by atoms with Gasteiger partial charge in [0.25, 0.3) is 0 Å². The van der Waals surface area contributed by atoms with Crippen LogP contribution in [0.25, 0.3) is 0 Å². The summed E-state index contributed by atoms with van der Waals surface area (Å²) in [7, 11) is -1.45. The van der Waals surface area contributed by atoms with Gasteiger partial charge in [0.1, 0.15) is 11.6 Å². The van der Waals surface area contributed by atoms with Crippen LogP contribution in [0.1, 0.15) is 15.9 Å². The zero-order valence-corrected chi connectivity index (χ0v) is 11.0. The molecule has 0 spiro atoms. The molecule has 0 saturated heterocycles. The molecule has 0 fully saturated rings. The first kappa shape index (κ1) is 14.3. The molecule has 0 aliphatic carbocycles. The number of halogens is 2. The average molecular weight is 296 g/mol. The van der Waals surface area contributed by atoms with Crippen LogP contribution in [0.3, 0.4) is 0 Å². The van der Waals surface area contributed by atoms with Gasteiger partial charge in [-0.2, -0.15) is 0 Å². The molecule has 0 bridgehead atoms. The van der Waals surface area contributed by atoms with E-state index in [0.29, 0.717) is 10.5 Å². The molecule has 0 radical (unpaired) electrons. The maximum atomic E-state index is 13.5. The molecule has 3 nitrogen and oxygen atoms in total. The standard InChI is InChI=1S/C14H10F2O3S/c15-10-2-4-11(5-3-10)20(19)8-9-1-6-12(14(17)18)13(16)7-9/h1-7H,8H2,(H,17,18). The molecule has 0 saturated carbocycles. The number of carbonyl (C=O) groups is 1. The van der Waals surface area contributed by atoms with Gasteiger partial charge in [0.2, 0.25) is 0 Å². The molecular weight excluding hydrogens is 286 g/mol. The van der Waals surface area contributed by atoms with Gasteiger partial charge in [-0.15, -0.1) is 0 Å². The lowest BCUT2D eigenvalue weighted by Crippen LogP contribution is -2.03. The van der Waals surface area contributed by atoms with Gasteiger partial charge in [0.15, 0.2) is 0 Å². The first-order chi connectivity index (χ1) is 9.47. The molecule has 2 rings (SSSR count). The summed E-state index contributed by atoms with van der Waals surface area (Å²) in [5, 5.41) is 8.71. The summed E-state index contributed by atoms with van der Waals surface area (Å²) in [6, 6.07) is 8.78. The van der Waals surface area contributed by atoms with Crippen LogP contribution in [0.2, 0.25) is 0 Å². The largest absolute Gasteiger partial charge is 0.478 e. The van der Waals surface area contributed by atoms with Crippen LogP contribution in [-0.2, 0) is 16.6 Å². The molecule has 104 valence electrons. The van der Waals surface area contributed by atoms with Gasteiger partial charge in [0.05, 0.1) is 22.1 Å². The van der Waals surface area contributed by atoms with Crippen molar-refractivity contribution in [1.82, 2.24) is 0 Å². The Labute approximate surface area is 116 Å². The Kier molecular flexibility index (Phi) is 4.24. The molecule has 1 N–H and O–H groups in total. The van der Waals surface area contributed by atoms with Crippen molar-refractivity contribution >= 4 is 16.8 Å². The number of aromatic carboxylic acids is 1. The van der Waals surface area contributed by atoms with Gasteiger partial charge in [-0.1, -0.05) is 6.07 Å². The Morgan fingerprint density at radius 3 is 2.30 bits per heavy atom. The maximum absolute atomic E-state index is 13.5. The number of carboxylic acid groups (broad SMARTS) is 1. The third-order valence-electron chi connectivity index (χ3n) is 2.64. The van der Waals surface area contributed by atoms with Crippen LogP contribution in [0.5, 0.6) is 0 Å². The van der Waals surface area contributed by atoms with Gasteiger partial charge in [-0.3, -0.25) is 4.21 Å². The molecule has 20 heavy (non-hydrogen) atoms. The Bertz CT molecular complexity index is 669. The van der Waals surface area contributed by atoms with Crippen LogP contribution in [0.15, 0.2) is 47.4 Å². The topological polar surface area (TPSA) is 54.4 Å². The van der Waals surface area contributed by atoms with Crippen LogP contribution in [0.4, 0.5) is 8.78 Å². The van der Waals surface area contributed by atoms with E-state index < -0.39 is 34.0 Å². The number of rotatable bonds is 4. The SMILES string of the molecule is O=C(O)c1ccc(CS(=O)c2ccc(F)cc2)cc1F.